The molecule has 0 unspecified atom stereocenters. The minimum atomic E-state index is -0.632. The number of piperidine rings is 1. The van der Waals surface area contributed by atoms with Crippen LogP contribution in [0.1, 0.15) is 52.5 Å². The van der Waals surface area contributed by atoms with Crippen molar-refractivity contribution >= 4 is 17.6 Å². The summed E-state index contributed by atoms with van der Waals surface area (Å²) in [6.07, 6.45) is 2.13. The van der Waals surface area contributed by atoms with Crippen LogP contribution in [-0.2, 0) is 10.2 Å². The van der Waals surface area contributed by atoms with Crippen molar-refractivity contribution in [2.24, 2.45) is 11.1 Å². The van der Waals surface area contributed by atoms with E-state index in [0.29, 0.717) is 30.9 Å². The Balaban J connectivity index is 2.22. The summed E-state index contributed by atoms with van der Waals surface area (Å²) in [5, 5.41) is 2.95. The van der Waals surface area contributed by atoms with Gasteiger partial charge in [-0.2, -0.15) is 0 Å². The number of methoxy groups -OCH3 is 1. The highest BCUT2D eigenvalue weighted by Gasteiger charge is 2.40. The van der Waals surface area contributed by atoms with E-state index in [2.05, 4.69) is 26.1 Å². The molecule has 0 radical (unpaired) electrons. The standard InChI is InChI=1S/C20H31N3O3/c1-6-20(17(21)24)10-7-11-23(13-20)18(25)22-15-12-14(19(2,3)4)8-9-16(15)26-5/h8-9,12H,6-7,10-11,13H2,1-5H3,(H2,21,24)(H,22,25)/t20-/m1/s1. The summed E-state index contributed by atoms with van der Waals surface area (Å²) in [6, 6.07) is 5.59. The largest absolute Gasteiger partial charge is 0.495 e. The van der Waals surface area contributed by atoms with Gasteiger partial charge in [-0.3, -0.25) is 4.79 Å². The maximum atomic E-state index is 12.8. The Labute approximate surface area is 156 Å². The third-order valence-corrected chi connectivity index (χ3v) is 5.37. The van der Waals surface area contributed by atoms with Crippen molar-refractivity contribution in [3.8, 4) is 5.75 Å². The summed E-state index contributed by atoms with van der Waals surface area (Å²) >= 11 is 0. The molecular formula is C20H31N3O3. The molecule has 1 aliphatic rings. The number of nitrogens with zero attached hydrogens (tertiary/aromatic N) is 1. The molecule has 0 aliphatic carbocycles. The zero-order chi connectivity index (χ0) is 19.5. The maximum absolute atomic E-state index is 12.8. The molecule has 0 saturated carbocycles. The van der Waals surface area contributed by atoms with E-state index in [-0.39, 0.29) is 17.4 Å². The molecule has 1 fully saturated rings. The molecule has 1 aliphatic heterocycles. The second-order valence-electron chi connectivity index (χ2n) is 8.12. The lowest BCUT2D eigenvalue weighted by atomic mass is 9.77. The molecular weight excluding hydrogens is 330 g/mol. The van der Waals surface area contributed by atoms with Crippen LogP contribution in [0.15, 0.2) is 18.2 Å². The monoisotopic (exact) mass is 361 g/mol. The first-order valence-corrected chi connectivity index (χ1v) is 9.17. The number of carbonyl (C=O) groups is 2. The Hall–Kier alpha value is -2.24. The van der Waals surface area contributed by atoms with Gasteiger partial charge in [0.15, 0.2) is 0 Å². The first-order chi connectivity index (χ1) is 12.1. The van der Waals surface area contributed by atoms with Crippen molar-refractivity contribution in [3.63, 3.8) is 0 Å². The predicted molar refractivity (Wildman–Crippen MR) is 103 cm³/mol. The first-order valence-electron chi connectivity index (χ1n) is 9.17. The van der Waals surface area contributed by atoms with Crippen LogP contribution >= 0.6 is 0 Å². The highest BCUT2D eigenvalue weighted by molar-refractivity contribution is 5.92. The summed E-state index contributed by atoms with van der Waals surface area (Å²) in [5.74, 6) is 0.282. The second kappa shape index (κ2) is 7.56. The van der Waals surface area contributed by atoms with Crippen molar-refractivity contribution in [2.75, 3.05) is 25.5 Å². The number of ether oxygens (including phenoxy) is 1. The highest BCUT2D eigenvalue weighted by atomic mass is 16.5. The zero-order valence-electron chi connectivity index (χ0n) is 16.5. The van der Waals surface area contributed by atoms with E-state index in [4.69, 9.17) is 10.5 Å². The molecule has 3 N–H and O–H groups in total. The summed E-state index contributed by atoms with van der Waals surface area (Å²) in [5.41, 5.74) is 6.69. The third-order valence-electron chi connectivity index (χ3n) is 5.37. The number of nitrogens with one attached hydrogen (secondary N) is 1. The van der Waals surface area contributed by atoms with Gasteiger partial charge >= 0.3 is 6.03 Å². The number of carbonyl (C=O) groups excluding carboxylic acids is 2. The normalized spacial score (nSPS) is 20.6. The molecule has 0 bridgehead atoms. The Kier molecular flexibility index (Phi) is 5.84. The molecule has 0 spiro atoms. The Morgan fingerprint density at radius 3 is 2.58 bits per heavy atom. The number of anilines is 1. The predicted octanol–water partition coefficient (Wildman–Crippen LogP) is 3.50. The molecule has 2 rings (SSSR count). The molecule has 1 heterocycles. The second-order valence-corrected chi connectivity index (χ2v) is 8.12. The van der Waals surface area contributed by atoms with Gasteiger partial charge in [0.25, 0.3) is 0 Å². The van der Waals surface area contributed by atoms with E-state index in [1.165, 1.54) is 0 Å². The van der Waals surface area contributed by atoms with Crippen LogP contribution < -0.4 is 15.8 Å². The summed E-state index contributed by atoms with van der Waals surface area (Å²) in [7, 11) is 1.58. The van der Waals surface area contributed by atoms with E-state index < -0.39 is 5.41 Å². The highest BCUT2D eigenvalue weighted by Crippen LogP contribution is 2.35. The van der Waals surface area contributed by atoms with Crippen molar-refractivity contribution in [2.45, 2.75) is 52.4 Å². The Bertz CT molecular complexity index is 681. The van der Waals surface area contributed by atoms with Gasteiger partial charge in [0.05, 0.1) is 18.2 Å². The van der Waals surface area contributed by atoms with Crippen LogP contribution in [0.25, 0.3) is 0 Å². The van der Waals surface area contributed by atoms with Gasteiger partial charge in [-0.05, 0) is 42.4 Å². The van der Waals surface area contributed by atoms with E-state index in [0.717, 1.165) is 18.4 Å². The average Bonchev–Trinajstić information content (AvgIpc) is 2.60. The molecule has 1 aromatic carbocycles. The van der Waals surface area contributed by atoms with E-state index in [1.54, 1.807) is 12.0 Å². The molecule has 6 heteroatoms. The fraction of sp³-hybridized carbons (Fsp3) is 0.600. The number of hydrogen-bond donors (Lipinski definition) is 2. The van der Waals surface area contributed by atoms with Gasteiger partial charge < -0.3 is 20.7 Å². The lowest BCUT2D eigenvalue weighted by molar-refractivity contribution is -0.130. The third kappa shape index (κ3) is 4.11. The fourth-order valence-corrected chi connectivity index (χ4v) is 3.44. The molecule has 144 valence electrons. The Morgan fingerprint density at radius 1 is 1.35 bits per heavy atom. The number of nitrogens with two attached hydrogens (primary N) is 1. The Morgan fingerprint density at radius 2 is 2.04 bits per heavy atom. The number of urea groups is 1. The minimum absolute atomic E-state index is 0.0415. The van der Waals surface area contributed by atoms with Crippen molar-refractivity contribution in [3.05, 3.63) is 23.8 Å². The van der Waals surface area contributed by atoms with Crippen LogP contribution in [0.2, 0.25) is 0 Å². The molecule has 26 heavy (non-hydrogen) atoms. The maximum Gasteiger partial charge on any atom is 0.321 e. The molecule has 1 saturated heterocycles. The quantitative estimate of drug-likeness (QED) is 0.861. The zero-order valence-corrected chi connectivity index (χ0v) is 16.5. The number of rotatable bonds is 4. The number of amides is 3. The van der Waals surface area contributed by atoms with Crippen LogP contribution in [0, 0.1) is 5.41 Å². The van der Waals surface area contributed by atoms with Crippen LogP contribution in [0.5, 0.6) is 5.75 Å². The van der Waals surface area contributed by atoms with Gasteiger partial charge in [-0.15, -0.1) is 0 Å². The van der Waals surface area contributed by atoms with Crippen molar-refractivity contribution < 1.29 is 14.3 Å². The van der Waals surface area contributed by atoms with Gasteiger partial charge in [0.2, 0.25) is 5.91 Å². The molecule has 0 aromatic heterocycles. The van der Waals surface area contributed by atoms with Gasteiger partial charge in [0, 0.05) is 13.1 Å². The number of likely N-dealkylation sites (tertiary alicyclic amines) is 1. The van der Waals surface area contributed by atoms with Gasteiger partial charge in [-0.25, -0.2) is 4.79 Å². The smallest absolute Gasteiger partial charge is 0.321 e. The summed E-state index contributed by atoms with van der Waals surface area (Å²) in [4.78, 5) is 26.4. The summed E-state index contributed by atoms with van der Waals surface area (Å²) in [6.45, 7) is 9.27. The van der Waals surface area contributed by atoms with Crippen LogP contribution in [0.3, 0.4) is 0 Å². The van der Waals surface area contributed by atoms with Gasteiger partial charge in [0.1, 0.15) is 5.75 Å². The molecule has 1 aromatic rings. The van der Waals surface area contributed by atoms with E-state index in [1.807, 2.05) is 25.1 Å². The van der Waals surface area contributed by atoms with Crippen molar-refractivity contribution in [1.29, 1.82) is 0 Å². The van der Waals surface area contributed by atoms with E-state index in [9.17, 15) is 9.59 Å². The lowest BCUT2D eigenvalue weighted by Gasteiger charge is -2.40. The fourth-order valence-electron chi connectivity index (χ4n) is 3.44. The van der Waals surface area contributed by atoms with Crippen molar-refractivity contribution in [1.82, 2.24) is 4.90 Å². The van der Waals surface area contributed by atoms with E-state index >= 15 is 0 Å². The molecule has 6 nitrogen and oxygen atoms in total. The topological polar surface area (TPSA) is 84.7 Å². The number of benzene rings is 1. The minimum Gasteiger partial charge on any atom is -0.495 e. The lowest BCUT2D eigenvalue weighted by Crippen LogP contribution is -2.52. The van der Waals surface area contributed by atoms with Crippen LogP contribution in [-0.4, -0.2) is 37.0 Å². The van der Waals surface area contributed by atoms with Gasteiger partial charge in [-0.1, -0.05) is 33.8 Å². The SMILES string of the molecule is CC[C@@]1(C(N)=O)CCCN(C(=O)Nc2cc(C(C)(C)C)ccc2OC)C1. The first kappa shape index (κ1) is 20.1. The number of primary amides is 1. The number of hydrogen-bond acceptors (Lipinski definition) is 3. The molecule has 3 amide bonds. The summed E-state index contributed by atoms with van der Waals surface area (Å²) < 4.78 is 5.39. The average molecular weight is 361 g/mol. The molecule has 1 atom stereocenters. The van der Waals surface area contributed by atoms with Crippen LogP contribution in [0.4, 0.5) is 10.5 Å².